The lowest BCUT2D eigenvalue weighted by molar-refractivity contribution is 0.0505. The summed E-state index contributed by atoms with van der Waals surface area (Å²) in [5, 5.41) is 0. The zero-order valence-corrected chi connectivity index (χ0v) is 8.62. The molecule has 0 bridgehead atoms. The molecule has 0 N–H and O–H groups in total. The van der Waals surface area contributed by atoms with Gasteiger partial charge in [0, 0.05) is 0 Å². The predicted octanol–water partition coefficient (Wildman–Crippen LogP) is 2.83. The summed E-state index contributed by atoms with van der Waals surface area (Å²) in [6.45, 7) is 4.40. The van der Waals surface area contributed by atoms with Crippen LogP contribution in [-0.2, 0) is 4.74 Å². The van der Waals surface area contributed by atoms with E-state index in [-0.39, 0.29) is 5.97 Å². The van der Waals surface area contributed by atoms with Crippen molar-refractivity contribution < 1.29 is 9.53 Å². The standard InChI is InChI=1S/C12H15O2/c1-3-8-14-12(13)11-7-5-6-10(4-2)9-11/h4-7,9H,3,8H2,1-2H3. The highest BCUT2D eigenvalue weighted by molar-refractivity contribution is 5.89. The molecule has 0 spiro atoms. The zero-order valence-electron chi connectivity index (χ0n) is 8.62. The number of esters is 1. The van der Waals surface area contributed by atoms with Crippen LogP contribution in [0.3, 0.4) is 0 Å². The fraction of sp³-hybridized carbons (Fsp3) is 0.333. The largest absolute Gasteiger partial charge is 0.462 e. The Morgan fingerprint density at radius 2 is 2.29 bits per heavy atom. The Kier molecular flexibility index (Phi) is 4.17. The average Bonchev–Trinajstić information content (AvgIpc) is 2.26. The third-order valence-electron chi connectivity index (χ3n) is 1.89. The first-order valence-corrected chi connectivity index (χ1v) is 4.84. The van der Waals surface area contributed by atoms with Crippen LogP contribution in [0.2, 0.25) is 0 Å². The van der Waals surface area contributed by atoms with Crippen molar-refractivity contribution in [3.05, 3.63) is 41.8 Å². The van der Waals surface area contributed by atoms with E-state index in [0.717, 1.165) is 12.0 Å². The lowest BCUT2D eigenvalue weighted by Gasteiger charge is -2.03. The highest BCUT2D eigenvalue weighted by Gasteiger charge is 2.05. The van der Waals surface area contributed by atoms with Crippen molar-refractivity contribution in [2.24, 2.45) is 0 Å². The van der Waals surface area contributed by atoms with Crippen LogP contribution < -0.4 is 0 Å². The van der Waals surface area contributed by atoms with E-state index in [4.69, 9.17) is 4.74 Å². The van der Waals surface area contributed by atoms with E-state index in [1.807, 2.05) is 38.5 Å². The molecule has 0 aliphatic rings. The SMILES string of the molecule is C[CH]c1cccc(C(=O)OCCC)c1. The Balaban J connectivity index is 2.69. The molecule has 0 atom stereocenters. The molecule has 1 aromatic rings. The monoisotopic (exact) mass is 191 g/mol. The maximum Gasteiger partial charge on any atom is 0.338 e. The van der Waals surface area contributed by atoms with Crippen molar-refractivity contribution in [3.63, 3.8) is 0 Å². The fourth-order valence-electron chi connectivity index (χ4n) is 1.12. The van der Waals surface area contributed by atoms with Crippen LogP contribution in [0.4, 0.5) is 0 Å². The molecule has 14 heavy (non-hydrogen) atoms. The van der Waals surface area contributed by atoms with Gasteiger partial charge in [0.2, 0.25) is 0 Å². The van der Waals surface area contributed by atoms with Crippen LogP contribution >= 0.6 is 0 Å². The minimum Gasteiger partial charge on any atom is -0.462 e. The Hall–Kier alpha value is -1.31. The third-order valence-corrected chi connectivity index (χ3v) is 1.89. The second-order valence-electron chi connectivity index (χ2n) is 3.05. The van der Waals surface area contributed by atoms with E-state index in [9.17, 15) is 4.79 Å². The van der Waals surface area contributed by atoms with Crippen molar-refractivity contribution in [1.29, 1.82) is 0 Å². The van der Waals surface area contributed by atoms with Gasteiger partial charge in [-0.15, -0.1) is 0 Å². The van der Waals surface area contributed by atoms with Crippen LogP contribution in [0.15, 0.2) is 24.3 Å². The summed E-state index contributed by atoms with van der Waals surface area (Å²) in [4.78, 5) is 11.4. The van der Waals surface area contributed by atoms with Crippen LogP contribution in [0.5, 0.6) is 0 Å². The molecule has 1 aromatic carbocycles. The minimum absolute atomic E-state index is 0.240. The Morgan fingerprint density at radius 3 is 2.93 bits per heavy atom. The predicted molar refractivity (Wildman–Crippen MR) is 56.1 cm³/mol. The van der Waals surface area contributed by atoms with Crippen LogP contribution in [-0.4, -0.2) is 12.6 Å². The smallest absolute Gasteiger partial charge is 0.338 e. The molecule has 0 heterocycles. The quantitative estimate of drug-likeness (QED) is 0.684. The normalized spacial score (nSPS) is 9.86. The maximum absolute atomic E-state index is 11.4. The molecule has 0 aliphatic heterocycles. The second kappa shape index (κ2) is 5.43. The molecule has 75 valence electrons. The number of hydrogen-bond acceptors (Lipinski definition) is 2. The number of benzene rings is 1. The Labute approximate surface area is 84.9 Å². The van der Waals surface area contributed by atoms with Crippen LogP contribution in [0.1, 0.15) is 36.2 Å². The van der Waals surface area contributed by atoms with Crippen LogP contribution in [0, 0.1) is 6.42 Å². The highest BCUT2D eigenvalue weighted by atomic mass is 16.5. The molecule has 0 unspecified atom stereocenters. The lowest BCUT2D eigenvalue weighted by atomic mass is 10.1. The third kappa shape index (κ3) is 2.87. The van der Waals surface area contributed by atoms with E-state index in [1.54, 1.807) is 6.07 Å². The van der Waals surface area contributed by atoms with Gasteiger partial charge in [-0.25, -0.2) is 4.79 Å². The van der Waals surface area contributed by atoms with Gasteiger partial charge in [0.05, 0.1) is 12.2 Å². The topological polar surface area (TPSA) is 26.3 Å². The Bertz CT molecular complexity index is 305. The van der Waals surface area contributed by atoms with Gasteiger partial charge < -0.3 is 4.74 Å². The summed E-state index contributed by atoms with van der Waals surface area (Å²) in [6.07, 6.45) is 2.81. The van der Waals surface area contributed by atoms with E-state index < -0.39 is 0 Å². The molecule has 2 heteroatoms. The summed E-state index contributed by atoms with van der Waals surface area (Å²) < 4.78 is 5.02. The van der Waals surface area contributed by atoms with Gasteiger partial charge in [-0.1, -0.05) is 26.0 Å². The van der Waals surface area contributed by atoms with Crippen molar-refractivity contribution in [3.8, 4) is 0 Å². The zero-order chi connectivity index (χ0) is 10.4. The van der Waals surface area contributed by atoms with Crippen molar-refractivity contribution >= 4 is 5.97 Å². The molecule has 0 amide bonds. The molecular weight excluding hydrogens is 176 g/mol. The van der Waals surface area contributed by atoms with Crippen molar-refractivity contribution in [1.82, 2.24) is 0 Å². The number of hydrogen-bond donors (Lipinski definition) is 0. The molecule has 0 saturated carbocycles. The Morgan fingerprint density at radius 1 is 1.50 bits per heavy atom. The molecule has 2 nitrogen and oxygen atoms in total. The van der Waals surface area contributed by atoms with Crippen LogP contribution in [0.25, 0.3) is 0 Å². The first-order valence-electron chi connectivity index (χ1n) is 4.84. The highest BCUT2D eigenvalue weighted by Crippen LogP contribution is 2.08. The fourth-order valence-corrected chi connectivity index (χ4v) is 1.12. The van der Waals surface area contributed by atoms with Gasteiger partial charge >= 0.3 is 5.97 Å². The molecular formula is C12H15O2. The average molecular weight is 191 g/mol. The molecule has 1 radical (unpaired) electrons. The number of carbonyl (C=O) groups excluding carboxylic acids is 1. The number of carbonyl (C=O) groups is 1. The molecule has 0 saturated heterocycles. The first kappa shape index (κ1) is 10.8. The summed E-state index contributed by atoms with van der Waals surface area (Å²) in [7, 11) is 0. The molecule has 0 aromatic heterocycles. The minimum atomic E-state index is -0.240. The summed E-state index contributed by atoms with van der Waals surface area (Å²) in [5.41, 5.74) is 1.66. The first-order chi connectivity index (χ1) is 6.77. The van der Waals surface area contributed by atoms with Crippen molar-refractivity contribution in [2.75, 3.05) is 6.61 Å². The van der Waals surface area contributed by atoms with Gasteiger partial charge in [0.25, 0.3) is 0 Å². The summed E-state index contributed by atoms with van der Waals surface area (Å²) >= 11 is 0. The molecule has 1 rings (SSSR count). The second-order valence-corrected chi connectivity index (χ2v) is 3.05. The van der Waals surface area contributed by atoms with E-state index in [1.165, 1.54) is 0 Å². The number of rotatable bonds is 4. The molecule has 0 fully saturated rings. The van der Waals surface area contributed by atoms with Gasteiger partial charge in [-0.3, -0.25) is 0 Å². The molecule has 0 aliphatic carbocycles. The van der Waals surface area contributed by atoms with Crippen molar-refractivity contribution in [2.45, 2.75) is 20.3 Å². The summed E-state index contributed by atoms with van der Waals surface area (Å²) in [5.74, 6) is -0.240. The van der Waals surface area contributed by atoms with Gasteiger partial charge in [0.1, 0.15) is 0 Å². The van der Waals surface area contributed by atoms with E-state index in [2.05, 4.69) is 0 Å². The lowest BCUT2D eigenvalue weighted by Crippen LogP contribution is -2.05. The van der Waals surface area contributed by atoms with E-state index >= 15 is 0 Å². The number of ether oxygens (including phenoxy) is 1. The van der Waals surface area contributed by atoms with E-state index in [0.29, 0.717) is 12.2 Å². The van der Waals surface area contributed by atoms with Gasteiger partial charge in [-0.2, -0.15) is 0 Å². The summed E-state index contributed by atoms with van der Waals surface area (Å²) in [6, 6.07) is 7.41. The van der Waals surface area contributed by atoms with Gasteiger partial charge in [0.15, 0.2) is 0 Å². The van der Waals surface area contributed by atoms with Gasteiger partial charge in [-0.05, 0) is 30.5 Å². The maximum atomic E-state index is 11.4.